The van der Waals surface area contributed by atoms with E-state index in [1.165, 1.54) is 6.07 Å². The molecule has 1 aromatic heterocycles. The van der Waals surface area contributed by atoms with Crippen molar-refractivity contribution in [3.8, 4) is 0 Å². The number of aryl methyl sites for hydroxylation is 1. The molecule has 0 spiro atoms. The first-order chi connectivity index (χ1) is 16.5. The Morgan fingerprint density at radius 3 is 2.37 bits per heavy atom. The van der Waals surface area contributed by atoms with Gasteiger partial charge in [0.05, 0.1) is 18.5 Å². The largest absolute Gasteiger partial charge is 0.326 e. The van der Waals surface area contributed by atoms with E-state index < -0.39 is 33.8 Å². The van der Waals surface area contributed by atoms with Crippen LogP contribution in [0.4, 0.5) is 15.9 Å². The molecule has 2 unspecified atom stereocenters. The molecule has 11 heteroatoms. The molecular formula is C24H17Cl5FN3O2. The first-order valence-corrected chi connectivity index (χ1v) is 12.2. The highest BCUT2D eigenvalue weighted by Crippen LogP contribution is 2.65. The maximum atomic E-state index is 13.4. The Morgan fingerprint density at radius 2 is 1.71 bits per heavy atom. The highest BCUT2D eigenvalue weighted by atomic mass is 35.5. The Hall–Kier alpha value is -2.09. The minimum atomic E-state index is -1.33. The first-order valence-electron chi connectivity index (χ1n) is 10.3. The number of carbonyl (C=O) groups excluding carboxylic acids is 2. The lowest BCUT2D eigenvalue weighted by atomic mass is 10.1. The Kier molecular flexibility index (Phi) is 7.51. The molecule has 4 rings (SSSR count). The SMILES string of the molecule is Cc1cc(NC(=O)Cc2cc(NC(=O)C3C(c4cc(Cl)cc(Cl)c4)C3(Cl)Cl)ccc2Cl)ncc1F. The van der Waals surface area contributed by atoms with E-state index in [0.29, 0.717) is 37.4 Å². The van der Waals surface area contributed by atoms with Crippen molar-refractivity contribution in [2.45, 2.75) is 23.6 Å². The number of benzene rings is 2. The molecule has 35 heavy (non-hydrogen) atoms. The van der Waals surface area contributed by atoms with Crippen molar-refractivity contribution >= 4 is 81.3 Å². The smallest absolute Gasteiger partial charge is 0.231 e. The number of anilines is 2. The molecule has 2 amide bonds. The lowest BCUT2D eigenvalue weighted by Crippen LogP contribution is -2.18. The van der Waals surface area contributed by atoms with Gasteiger partial charge >= 0.3 is 0 Å². The van der Waals surface area contributed by atoms with Crippen LogP contribution in [-0.2, 0) is 16.0 Å². The van der Waals surface area contributed by atoms with Gasteiger partial charge in [0.15, 0.2) is 0 Å². The van der Waals surface area contributed by atoms with Crippen LogP contribution in [0.3, 0.4) is 0 Å². The number of rotatable bonds is 6. The van der Waals surface area contributed by atoms with E-state index in [-0.39, 0.29) is 12.2 Å². The number of nitrogens with zero attached hydrogens (tertiary/aromatic N) is 1. The van der Waals surface area contributed by atoms with E-state index in [4.69, 9.17) is 58.0 Å². The molecule has 1 heterocycles. The van der Waals surface area contributed by atoms with Crippen molar-refractivity contribution in [3.05, 3.63) is 86.2 Å². The zero-order valence-electron chi connectivity index (χ0n) is 18.0. The van der Waals surface area contributed by atoms with E-state index >= 15 is 0 Å². The van der Waals surface area contributed by atoms with E-state index in [0.717, 1.165) is 6.20 Å². The third-order valence-electron chi connectivity index (χ3n) is 5.56. The number of alkyl halides is 2. The lowest BCUT2D eigenvalue weighted by molar-refractivity contribution is -0.117. The van der Waals surface area contributed by atoms with E-state index in [2.05, 4.69) is 15.6 Å². The number of carbonyl (C=O) groups is 2. The average Bonchev–Trinajstić information content (AvgIpc) is 3.34. The van der Waals surface area contributed by atoms with Gasteiger partial charge in [-0.15, -0.1) is 23.2 Å². The molecule has 0 aliphatic heterocycles. The summed E-state index contributed by atoms with van der Waals surface area (Å²) in [4.78, 5) is 29.3. The fraction of sp³-hybridized carbons (Fsp3) is 0.208. The Balaban J connectivity index is 1.45. The van der Waals surface area contributed by atoms with Gasteiger partial charge in [0, 0.05) is 26.7 Å². The molecular weight excluding hydrogens is 559 g/mol. The molecule has 0 radical (unpaired) electrons. The van der Waals surface area contributed by atoms with Crippen LogP contribution in [0, 0.1) is 18.7 Å². The van der Waals surface area contributed by atoms with Crippen molar-refractivity contribution in [2.75, 3.05) is 10.6 Å². The number of aromatic nitrogens is 1. The number of halogens is 6. The van der Waals surface area contributed by atoms with Crippen LogP contribution >= 0.6 is 58.0 Å². The number of amides is 2. The summed E-state index contributed by atoms with van der Waals surface area (Å²) in [5.74, 6) is -2.30. The minimum absolute atomic E-state index is 0.0946. The zero-order valence-corrected chi connectivity index (χ0v) is 21.8. The number of hydrogen-bond donors (Lipinski definition) is 2. The second-order valence-corrected chi connectivity index (χ2v) is 10.9. The number of pyridine rings is 1. The summed E-state index contributed by atoms with van der Waals surface area (Å²) < 4.78 is 12.1. The Bertz CT molecular complexity index is 1310. The Morgan fingerprint density at radius 1 is 1.03 bits per heavy atom. The molecule has 0 saturated heterocycles. The standard InChI is InChI=1S/C24H17Cl5FN3O2/c1-11-4-19(31-10-18(11)30)33-20(34)8-12-7-16(2-3-17(12)27)32-23(35)22-21(24(22,28)29)13-5-14(25)9-15(26)6-13/h2-7,9-10,21-22H,8H2,1H3,(H,32,35)(H,31,33,34). The molecule has 2 N–H and O–H groups in total. The van der Waals surface area contributed by atoms with Gasteiger partial charge in [-0.1, -0.05) is 34.8 Å². The van der Waals surface area contributed by atoms with Gasteiger partial charge in [-0.2, -0.15) is 0 Å². The predicted octanol–water partition coefficient (Wildman–Crippen LogP) is 7.20. The van der Waals surface area contributed by atoms with Gasteiger partial charge in [0.1, 0.15) is 16.0 Å². The second-order valence-electron chi connectivity index (χ2n) is 8.17. The van der Waals surface area contributed by atoms with Gasteiger partial charge < -0.3 is 10.6 Å². The van der Waals surface area contributed by atoms with Gasteiger partial charge in [-0.25, -0.2) is 9.37 Å². The van der Waals surface area contributed by atoms with Crippen LogP contribution in [0.15, 0.2) is 48.7 Å². The number of hydrogen-bond acceptors (Lipinski definition) is 3. The summed E-state index contributed by atoms with van der Waals surface area (Å²) in [5, 5.41) is 6.53. The molecule has 3 aromatic rings. The predicted molar refractivity (Wildman–Crippen MR) is 138 cm³/mol. The van der Waals surface area contributed by atoms with Crippen LogP contribution in [0.1, 0.15) is 22.6 Å². The van der Waals surface area contributed by atoms with Crippen LogP contribution in [0.2, 0.25) is 15.1 Å². The summed E-state index contributed by atoms with van der Waals surface area (Å²) in [6.07, 6.45) is 0.938. The summed E-state index contributed by atoms with van der Waals surface area (Å²) in [6, 6.07) is 11.1. The molecule has 1 fully saturated rings. The molecule has 0 bridgehead atoms. The summed E-state index contributed by atoms with van der Waals surface area (Å²) in [5.41, 5.74) is 1.89. The topological polar surface area (TPSA) is 71.1 Å². The maximum absolute atomic E-state index is 13.4. The monoisotopic (exact) mass is 573 g/mol. The quantitative estimate of drug-likeness (QED) is 0.306. The van der Waals surface area contributed by atoms with E-state index in [9.17, 15) is 14.0 Å². The summed E-state index contributed by atoms with van der Waals surface area (Å²) >= 11 is 31.2. The fourth-order valence-electron chi connectivity index (χ4n) is 3.80. The van der Waals surface area contributed by atoms with Gasteiger partial charge in [0.25, 0.3) is 0 Å². The summed E-state index contributed by atoms with van der Waals surface area (Å²) in [6.45, 7) is 1.57. The molecule has 5 nitrogen and oxygen atoms in total. The second kappa shape index (κ2) is 10.1. The van der Waals surface area contributed by atoms with Gasteiger partial charge in [0.2, 0.25) is 11.8 Å². The lowest BCUT2D eigenvalue weighted by Gasteiger charge is -2.10. The van der Waals surface area contributed by atoms with Crippen molar-refractivity contribution in [2.24, 2.45) is 5.92 Å². The van der Waals surface area contributed by atoms with Crippen molar-refractivity contribution in [3.63, 3.8) is 0 Å². The van der Waals surface area contributed by atoms with Gasteiger partial charge in [-0.3, -0.25) is 9.59 Å². The molecule has 2 aromatic carbocycles. The zero-order chi connectivity index (χ0) is 25.5. The molecule has 1 aliphatic carbocycles. The van der Waals surface area contributed by atoms with Crippen molar-refractivity contribution in [1.82, 2.24) is 4.98 Å². The van der Waals surface area contributed by atoms with E-state index in [1.807, 2.05) is 0 Å². The van der Waals surface area contributed by atoms with Crippen LogP contribution in [0.25, 0.3) is 0 Å². The van der Waals surface area contributed by atoms with Crippen LogP contribution in [-0.4, -0.2) is 21.1 Å². The maximum Gasteiger partial charge on any atom is 0.231 e. The summed E-state index contributed by atoms with van der Waals surface area (Å²) in [7, 11) is 0. The van der Waals surface area contributed by atoms with Crippen LogP contribution < -0.4 is 10.6 Å². The molecule has 1 aliphatic rings. The van der Waals surface area contributed by atoms with Crippen LogP contribution in [0.5, 0.6) is 0 Å². The molecule has 182 valence electrons. The van der Waals surface area contributed by atoms with Gasteiger partial charge in [-0.05, 0) is 66.1 Å². The average molecular weight is 576 g/mol. The highest BCUT2D eigenvalue weighted by molar-refractivity contribution is 6.53. The Labute approximate surface area is 225 Å². The third-order valence-corrected chi connectivity index (χ3v) is 7.30. The minimum Gasteiger partial charge on any atom is -0.326 e. The van der Waals surface area contributed by atoms with Crippen molar-refractivity contribution in [1.29, 1.82) is 0 Å². The third kappa shape index (κ3) is 5.84. The fourth-order valence-corrected chi connectivity index (χ4v) is 5.35. The van der Waals surface area contributed by atoms with Crippen molar-refractivity contribution < 1.29 is 14.0 Å². The first kappa shape index (κ1) is 26.0. The molecule has 2 atom stereocenters. The number of nitrogens with one attached hydrogen (secondary N) is 2. The highest BCUT2D eigenvalue weighted by Gasteiger charge is 2.67. The molecule has 1 saturated carbocycles. The van der Waals surface area contributed by atoms with E-state index in [1.54, 1.807) is 43.3 Å². The normalized spacial score (nSPS) is 18.1.